The Bertz CT molecular complexity index is 361. The third-order valence-corrected chi connectivity index (χ3v) is 2.96. The Labute approximate surface area is 99.9 Å². The van der Waals surface area contributed by atoms with Crippen LogP contribution in [-0.2, 0) is 0 Å². The minimum atomic E-state index is 0.0131. The lowest BCUT2D eigenvalue weighted by Crippen LogP contribution is -1.99. The molecule has 1 aromatic rings. The van der Waals surface area contributed by atoms with E-state index in [4.69, 9.17) is 4.74 Å². The van der Waals surface area contributed by atoms with Crippen molar-refractivity contribution in [2.45, 2.75) is 13.8 Å². The summed E-state index contributed by atoms with van der Waals surface area (Å²) in [4.78, 5) is 11.3. The molecule has 2 nitrogen and oxygen atoms in total. The Morgan fingerprint density at radius 2 is 2.07 bits per heavy atom. The molecule has 0 amide bonds. The number of rotatable bonds is 3. The van der Waals surface area contributed by atoms with Crippen LogP contribution in [-0.4, -0.2) is 12.4 Å². The van der Waals surface area contributed by atoms with Gasteiger partial charge in [-0.25, -0.2) is 0 Å². The summed E-state index contributed by atoms with van der Waals surface area (Å²) >= 11 is 6.68. The average Bonchev–Trinajstić information content (AvgIpc) is 2.10. The number of ether oxygens (including phenoxy) is 1. The van der Waals surface area contributed by atoms with Crippen molar-refractivity contribution in [1.29, 1.82) is 0 Å². The average molecular weight is 322 g/mol. The highest BCUT2D eigenvalue weighted by molar-refractivity contribution is 9.11. The number of Topliss-reactive ketones (excluding diaryl/α,β-unsaturated/α-hetero) is 1. The molecular formula is C10H10Br2O2. The molecule has 0 aromatic heterocycles. The van der Waals surface area contributed by atoms with Crippen LogP contribution in [0.15, 0.2) is 21.1 Å². The number of ketones is 1. The molecule has 14 heavy (non-hydrogen) atoms. The molecule has 0 unspecified atom stereocenters. The van der Waals surface area contributed by atoms with Gasteiger partial charge in [-0.1, -0.05) is 15.9 Å². The van der Waals surface area contributed by atoms with Gasteiger partial charge in [0.2, 0.25) is 0 Å². The molecule has 0 saturated carbocycles. The minimum Gasteiger partial charge on any atom is -0.493 e. The maximum Gasteiger partial charge on any atom is 0.161 e. The van der Waals surface area contributed by atoms with Crippen molar-refractivity contribution in [3.63, 3.8) is 0 Å². The van der Waals surface area contributed by atoms with Crippen molar-refractivity contribution in [2.24, 2.45) is 0 Å². The van der Waals surface area contributed by atoms with Gasteiger partial charge in [-0.2, -0.15) is 0 Å². The van der Waals surface area contributed by atoms with Gasteiger partial charge >= 0.3 is 0 Å². The van der Waals surface area contributed by atoms with E-state index in [0.29, 0.717) is 17.9 Å². The maximum atomic E-state index is 11.3. The highest BCUT2D eigenvalue weighted by Crippen LogP contribution is 2.32. The second-order valence-corrected chi connectivity index (χ2v) is 4.46. The van der Waals surface area contributed by atoms with Gasteiger partial charge in [-0.15, -0.1) is 0 Å². The zero-order chi connectivity index (χ0) is 10.7. The minimum absolute atomic E-state index is 0.0131. The maximum absolute atomic E-state index is 11.3. The van der Waals surface area contributed by atoms with E-state index in [0.717, 1.165) is 8.95 Å². The van der Waals surface area contributed by atoms with Crippen molar-refractivity contribution >= 4 is 37.6 Å². The molecule has 0 aliphatic rings. The van der Waals surface area contributed by atoms with Crippen molar-refractivity contribution in [2.75, 3.05) is 6.61 Å². The van der Waals surface area contributed by atoms with Gasteiger partial charge in [-0.05, 0) is 41.9 Å². The van der Waals surface area contributed by atoms with E-state index in [1.807, 2.05) is 13.0 Å². The number of benzene rings is 1. The number of carbonyl (C=O) groups is 1. The predicted octanol–water partition coefficient (Wildman–Crippen LogP) is 3.81. The van der Waals surface area contributed by atoms with Gasteiger partial charge in [-0.3, -0.25) is 4.79 Å². The molecule has 0 radical (unpaired) electrons. The van der Waals surface area contributed by atoms with Crippen LogP contribution < -0.4 is 4.74 Å². The molecule has 4 heteroatoms. The standard InChI is InChI=1S/C10H10Br2O2/c1-3-14-9-5-7(11)4-8(6(2)13)10(9)12/h4-5H,3H2,1-2H3. The lowest BCUT2D eigenvalue weighted by atomic mass is 10.1. The van der Waals surface area contributed by atoms with E-state index in [1.54, 1.807) is 6.07 Å². The summed E-state index contributed by atoms with van der Waals surface area (Å²) in [5.74, 6) is 0.700. The molecule has 0 spiro atoms. The van der Waals surface area contributed by atoms with E-state index in [2.05, 4.69) is 31.9 Å². The summed E-state index contributed by atoms with van der Waals surface area (Å²) in [6, 6.07) is 3.61. The zero-order valence-electron chi connectivity index (χ0n) is 7.93. The summed E-state index contributed by atoms with van der Waals surface area (Å²) in [5.41, 5.74) is 0.628. The normalized spacial score (nSPS) is 10.0. The first-order valence-electron chi connectivity index (χ1n) is 4.19. The molecule has 0 aliphatic carbocycles. The number of hydrogen-bond donors (Lipinski definition) is 0. The van der Waals surface area contributed by atoms with E-state index >= 15 is 0 Å². The van der Waals surface area contributed by atoms with E-state index in [9.17, 15) is 4.79 Å². The first kappa shape index (κ1) is 11.7. The Hall–Kier alpha value is -0.350. The van der Waals surface area contributed by atoms with Crippen molar-refractivity contribution < 1.29 is 9.53 Å². The van der Waals surface area contributed by atoms with Crippen LogP contribution in [0.5, 0.6) is 5.75 Å². The summed E-state index contributed by atoms with van der Waals surface area (Å²) in [6.07, 6.45) is 0. The smallest absolute Gasteiger partial charge is 0.161 e. The quantitative estimate of drug-likeness (QED) is 0.791. The van der Waals surface area contributed by atoms with Gasteiger partial charge in [0.15, 0.2) is 5.78 Å². The molecule has 0 saturated heterocycles. The van der Waals surface area contributed by atoms with Gasteiger partial charge in [0.25, 0.3) is 0 Å². The largest absolute Gasteiger partial charge is 0.493 e. The van der Waals surface area contributed by atoms with Gasteiger partial charge in [0, 0.05) is 10.0 Å². The summed E-state index contributed by atoms with van der Waals surface area (Å²) in [6.45, 7) is 4.01. The van der Waals surface area contributed by atoms with Crippen LogP contribution >= 0.6 is 31.9 Å². The highest BCUT2D eigenvalue weighted by Gasteiger charge is 2.11. The molecular weight excluding hydrogens is 312 g/mol. The second-order valence-electron chi connectivity index (χ2n) is 2.75. The topological polar surface area (TPSA) is 26.3 Å². The van der Waals surface area contributed by atoms with E-state index in [1.165, 1.54) is 6.92 Å². The van der Waals surface area contributed by atoms with Crippen LogP contribution in [0.1, 0.15) is 24.2 Å². The fourth-order valence-corrected chi connectivity index (χ4v) is 2.14. The van der Waals surface area contributed by atoms with Crippen molar-refractivity contribution in [1.82, 2.24) is 0 Å². The lowest BCUT2D eigenvalue weighted by molar-refractivity contribution is 0.101. The summed E-state index contributed by atoms with van der Waals surface area (Å²) < 4.78 is 6.94. The Morgan fingerprint density at radius 3 is 2.57 bits per heavy atom. The number of carbonyl (C=O) groups excluding carboxylic acids is 1. The zero-order valence-corrected chi connectivity index (χ0v) is 11.1. The molecule has 0 N–H and O–H groups in total. The molecule has 0 fully saturated rings. The molecule has 0 heterocycles. The first-order valence-corrected chi connectivity index (χ1v) is 5.77. The van der Waals surface area contributed by atoms with Gasteiger partial charge < -0.3 is 4.74 Å². The Kier molecular flexibility index (Phi) is 4.13. The van der Waals surface area contributed by atoms with Crippen LogP contribution in [0.25, 0.3) is 0 Å². The molecule has 76 valence electrons. The van der Waals surface area contributed by atoms with Crippen LogP contribution in [0.2, 0.25) is 0 Å². The Morgan fingerprint density at radius 1 is 1.43 bits per heavy atom. The fraction of sp³-hybridized carbons (Fsp3) is 0.300. The fourth-order valence-electron chi connectivity index (χ4n) is 1.08. The molecule has 1 rings (SSSR count). The van der Waals surface area contributed by atoms with Crippen LogP contribution in [0.3, 0.4) is 0 Å². The second kappa shape index (κ2) is 4.94. The van der Waals surface area contributed by atoms with Gasteiger partial charge in [0.05, 0.1) is 11.1 Å². The van der Waals surface area contributed by atoms with E-state index in [-0.39, 0.29) is 5.78 Å². The van der Waals surface area contributed by atoms with E-state index < -0.39 is 0 Å². The first-order chi connectivity index (χ1) is 6.56. The monoisotopic (exact) mass is 320 g/mol. The van der Waals surface area contributed by atoms with Gasteiger partial charge in [0.1, 0.15) is 5.75 Å². The third kappa shape index (κ3) is 2.58. The number of halogens is 2. The highest BCUT2D eigenvalue weighted by atomic mass is 79.9. The molecule has 1 aromatic carbocycles. The van der Waals surface area contributed by atoms with Crippen molar-refractivity contribution in [3.05, 3.63) is 26.6 Å². The SMILES string of the molecule is CCOc1cc(Br)cc(C(C)=O)c1Br. The molecule has 0 aliphatic heterocycles. The lowest BCUT2D eigenvalue weighted by Gasteiger charge is -2.09. The number of hydrogen-bond acceptors (Lipinski definition) is 2. The molecule has 0 bridgehead atoms. The summed E-state index contributed by atoms with van der Waals surface area (Å²) in [5, 5.41) is 0. The molecule has 0 atom stereocenters. The summed E-state index contributed by atoms with van der Waals surface area (Å²) in [7, 11) is 0. The van der Waals surface area contributed by atoms with Crippen LogP contribution in [0, 0.1) is 0 Å². The third-order valence-electron chi connectivity index (χ3n) is 1.68. The predicted molar refractivity (Wildman–Crippen MR) is 63.0 cm³/mol. The van der Waals surface area contributed by atoms with Crippen molar-refractivity contribution in [3.8, 4) is 5.75 Å². The Balaban J connectivity index is 3.24. The van der Waals surface area contributed by atoms with Crippen LogP contribution in [0.4, 0.5) is 0 Å².